The zero-order chi connectivity index (χ0) is 24.3. The van der Waals surface area contributed by atoms with Crippen LogP contribution in [0.2, 0.25) is 0 Å². The summed E-state index contributed by atoms with van der Waals surface area (Å²) in [5, 5.41) is 20.2. The summed E-state index contributed by atoms with van der Waals surface area (Å²) in [5.74, 6) is -0.343. The number of benzene rings is 3. The Labute approximate surface area is 199 Å². The Morgan fingerprint density at radius 3 is 2.00 bits per heavy atom. The number of hydrazone groups is 1. The SMILES string of the molecule is Cn1nc(/C(=N/NC(=O)c2ccccc2)c2ccccc2)c(O)c1-c1ccc(C(C)(C)C)cc1. The van der Waals surface area contributed by atoms with Crippen molar-refractivity contribution in [3.05, 3.63) is 107 Å². The minimum atomic E-state index is -0.345. The predicted molar refractivity (Wildman–Crippen MR) is 135 cm³/mol. The Morgan fingerprint density at radius 2 is 1.44 bits per heavy atom. The second kappa shape index (κ2) is 9.35. The molecule has 4 aromatic rings. The van der Waals surface area contributed by atoms with Gasteiger partial charge in [0.15, 0.2) is 11.4 Å². The first-order valence-electron chi connectivity index (χ1n) is 11.1. The van der Waals surface area contributed by atoms with Crippen LogP contribution in [-0.4, -0.2) is 26.5 Å². The topological polar surface area (TPSA) is 79.5 Å². The maximum absolute atomic E-state index is 12.6. The number of nitrogens with zero attached hydrogens (tertiary/aromatic N) is 3. The highest BCUT2D eigenvalue weighted by Crippen LogP contribution is 2.34. The molecular weight excluding hydrogens is 424 g/mol. The van der Waals surface area contributed by atoms with Crippen molar-refractivity contribution in [1.29, 1.82) is 0 Å². The Kier molecular flexibility index (Phi) is 6.32. The van der Waals surface area contributed by atoms with E-state index in [1.807, 2.05) is 48.5 Å². The zero-order valence-electron chi connectivity index (χ0n) is 19.8. The highest BCUT2D eigenvalue weighted by Gasteiger charge is 2.23. The number of nitrogens with one attached hydrogen (secondary N) is 1. The molecule has 0 aliphatic heterocycles. The number of rotatable bonds is 5. The fourth-order valence-corrected chi connectivity index (χ4v) is 3.73. The Hall–Kier alpha value is -4.19. The van der Waals surface area contributed by atoms with E-state index in [-0.39, 0.29) is 22.8 Å². The molecule has 0 aliphatic carbocycles. The maximum Gasteiger partial charge on any atom is 0.271 e. The van der Waals surface area contributed by atoms with Crippen molar-refractivity contribution >= 4 is 11.6 Å². The molecule has 6 heteroatoms. The van der Waals surface area contributed by atoms with Gasteiger partial charge in [-0.15, -0.1) is 0 Å². The summed E-state index contributed by atoms with van der Waals surface area (Å²) in [6, 6.07) is 26.3. The molecule has 0 atom stereocenters. The number of hydrogen-bond donors (Lipinski definition) is 2. The number of aryl methyl sites for hydroxylation is 1. The fourth-order valence-electron chi connectivity index (χ4n) is 3.73. The summed E-state index contributed by atoms with van der Waals surface area (Å²) in [6.07, 6.45) is 0. The number of aromatic hydroxyl groups is 1. The molecule has 6 nitrogen and oxygen atoms in total. The number of aromatic nitrogens is 2. The van der Waals surface area contributed by atoms with Gasteiger partial charge in [0.2, 0.25) is 0 Å². The van der Waals surface area contributed by atoms with Gasteiger partial charge in [-0.3, -0.25) is 9.48 Å². The lowest BCUT2D eigenvalue weighted by atomic mass is 9.86. The molecule has 0 fully saturated rings. The monoisotopic (exact) mass is 452 g/mol. The molecule has 0 bridgehead atoms. The van der Waals surface area contributed by atoms with Crippen LogP contribution >= 0.6 is 0 Å². The molecule has 4 rings (SSSR count). The van der Waals surface area contributed by atoms with Gasteiger partial charge in [0.25, 0.3) is 5.91 Å². The van der Waals surface area contributed by atoms with E-state index in [9.17, 15) is 9.90 Å². The van der Waals surface area contributed by atoms with Gasteiger partial charge in [-0.05, 0) is 23.1 Å². The zero-order valence-corrected chi connectivity index (χ0v) is 19.8. The van der Waals surface area contributed by atoms with Crippen LogP contribution in [0.25, 0.3) is 11.3 Å². The van der Waals surface area contributed by atoms with Crippen LogP contribution in [-0.2, 0) is 12.5 Å². The largest absolute Gasteiger partial charge is 0.504 e. The Balaban J connectivity index is 1.75. The van der Waals surface area contributed by atoms with E-state index in [0.717, 1.165) is 11.1 Å². The molecule has 0 aliphatic rings. The summed E-state index contributed by atoms with van der Waals surface area (Å²) >= 11 is 0. The highest BCUT2D eigenvalue weighted by atomic mass is 16.3. The average Bonchev–Trinajstić information content (AvgIpc) is 3.13. The third-order valence-electron chi connectivity index (χ3n) is 5.62. The third kappa shape index (κ3) is 4.76. The number of hydrogen-bond acceptors (Lipinski definition) is 4. The van der Waals surface area contributed by atoms with E-state index in [1.54, 1.807) is 36.0 Å². The van der Waals surface area contributed by atoms with Crippen molar-refractivity contribution in [2.75, 3.05) is 0 Å². The summed E-state index contributed by atoms with van der Waals surface area (Å²) in [4.78, 5) is 12.6. The number of carbonyl (C=O) groups excluding carboxylic acids is 1. The standard InChI is InChI=1S/C28H28N4O2/c1-28(2,3)22-17-15-20(16-18-22)25-26(33)24(31-32(25)4)23(19-11-7-5-8-12-19)29-30-27(34)21-13-9-6-10-14-21/h5-18,33H,1-4H3,(H,30,34)/b29-23+. The lowest BCUT2D eigenvalue weighted by molar-refractivity contribution is 0.0955. The van der Waals surface area contributed by atoms with E-state index in [4.69, 9.17) is 0 Å². The van der Waals surface area contributed by atoms with Gasteiger partial charge < -0.3 is 5.11 Å². The van der Waals surface area contributed by atoms with Crippen LogP contribution in [0.3, 0.4) is 0 Å². The molecule has 0 saturated heterocycles. The van der Waals surface area contributed by atoms with Crippen LogP contribution in [0.4, 0.5) is 0 Å². The average molecular weight is 453 g/mol. The van der Waals surface area contributed by atoms with Crippen molar-refractivity contribution < 1.29 is 9.90 Å². The molecule has 0 saturated carbocycles. The highest BCUT2D eigenvalue weighted by molar-refractivity contribution is 6.14. The van der Waals surface area contributed by atoms with Crippen LogP contribution in [0.1, 0.15) is 48.0 Å². The second-order valence-electron chi connectivity index (χ2n) is 9.13. The van der Waals surface area contributed by atoms with Gasteiger partial charge >= 0.3 is 0 Å². The molecule has 2 N–H and O–H groups in total. The fraction of sp³-hybridized carbons (Fsp3) is 0.179. The van der Waals surface area contributed by atoms with Crippen LogP contribution in [0, 0.1) is 0 Å². The molecular formula is C28H28N4O2. The first-order chi connectivity index (χ1) is 16.3. The molecule has 0 spiro atoms. The summed E-state index contributed by atoms with van der Waals surface area (Å²) in [7, 11) is 1.78. The van der Waals surface area contributed by atoms with Gasteiger partial charge in [0.05, 0.1) is 0 Å². The molecule has 1 amide bonds. The van der Waals surface area contributed by atoms with Gasteiger partial charge in [0.1, 0.15) is 11.4 Å². The normalized spacial score (nSPS) is 11.9. The molecule has 3 aromatic carbocycles. The van der Waals surface area contributed by atoms with Gasteiger partial charge in [-0.2, -0.15) is 10.2 Å². The molecule has 0 unspecified atom stereocenters. The summed E-state index contributed by atoms with van der Waals surface area (Å²) in [5.41, 5.74) is 7.12. The van der Waals surface area contributed by atoms with Crippen molar-refractivity contribution in [3.63, 3.8) is 0 Å². The summed E-state index contributed by atoms with van der Waals surface area (Å²) < 4.78 is 1.63. The van der Waals surface area contributed by atoms with E-state index >= 15 is 0 Å². The van der Waals surface area contributed by atoms with Gasteiger partial charge in [0, 0.05) is 23.7 Å². The number of amides is 1. The predicted octanol–water partition coefficient (Wildman–Crippen LogP) is 5.27. The Bertz CT molecular complexity index is 1320. The van der Waals surface area contributed by atoms with Crippen LogP contribution in [0.5, 0.6) is 5.75 Å². The van der Waals surface area contributed by atoms with Gasteiger partial charge in [-0.25, -0.2) is 5.43 Å². The third-order valence-corrected chi connectivity index (χ3v) is 5.62. The van der Waals surface area contributed by atoms with Crippen molar-refractivity contribution in [3.8, 4) is 17.0 Å². The molecule has 172 valence electrons. The van der Waals surface area contributed by atoms with Crippen LogP contribution < -0.4 is 5.43 Å². The molecule has 34 heavy (non-hydrogen) atoms. The second-order valence-corrected chi connectivity index (χ2v) is 9.13. The number of carbonyl (C=O) groups is 1. The lowest BCUT2D eigenvalue weighted by Gasteiger charge is -2.19. The van der Waals surface area contributed by atoms with Crippen molar-refractivity contribution in [2.24, 2.45) is 12.1 Å². The van der Waals surface area contributed by atoms with E-state index in [2.05, 4.69) is 48.5 Å². The van der Waals surface area contributed by atoms with Crippen molar-refractivity contribution in [2.45, 2.75) is 26.2 Å². The van der Waals surface area contributed by atoms with Crippen molar-refractivity contribution in [1.82, 2.24) is 15.2 Å². The van der Waals surface area contributed by atoms with E-state index in [1.165, 1.54) is 5.56 Å². The van der Waals surface area contributed by atoms with E-state index < -0.39 is 0 Å². The molecule has 1 aromatic heterocycles. The first kappa shape index (κ1) is 23.0. The Morgan fingerprint density at radius 1 is 0.882 bits per heavy atom. The first-order valence-corrected chi connectivity index (χ1v) is 11.1. The lowest BCUT2D eigenvalue weighted by Crippen LogP contribution is -2.21. The minimum Gasteiger partial charge on any atom is -0.504 e. The minimum absolute atomic E-state index is 0.00238. The summed E-state index contributed by atoms with van der Waals surface area (Å²) in [6.45, 7) is 6.48. The molecule has 1 heterocycles. The van der Waals surface area contributed by atoms with E-state index in [0.29, 0.717) is 17.0 Å². The quantitative estimate of drug-likeness (QED) is 0.320. The smallest absolute Gasteiger partial charge is 0.271 e. The van der Waals surface area contributed by atoms with Crippen LogP contribution in [0.15, 0.2) is 90.0 Å². The van der Waals surface area contributed by atoms with Gasteiger partial charge in [-0.1, -0.05) is 93.6 Å². The molecule has 0 radical (unpaired) electrons. The maximum atomic E-state index is 12.6.